The topological polar surface area (TPSA) is 113 Å². The van der Waals surface area contributed by atoms with Gasteiger partial charge in [0.1, 0.15) is 11.9 Å². The second-order valence-electron chi connectivity index (χ2n) is 10.9. The molecule has 4 aliphatic rings. The summed E-state index contributed by atoms with van der Waals surface area (Å²) in [4.78, 5) is 2.41. The Morgan fingerprint density at radius 1 is 0.923 bits per heavy atom. The molecule has 6 rings (SSSR count). The Morgan fingerprint density at radius 2 is 1.62 bits per heavy atom. The average Bonchev–Trinajstić information content (AvgIpc) is 3.22. The summed E-state index contributed by atoms with van der Waals surface area (Å²) in [5, 5.41) is 10.3. The highest BCUT2D eigenvalue weighted by Crippen LogP contribution is 2.53. The van der Waals surface area contributed by atoms with E-state index < -0.39 is 10.2 Å². The first-order valence-electron chi connectivity index (χ1n) is 14.0. The first kappa shape index (κ1) is 26.4. The summed E-state index contributed by atoms with van der Waals surface area (Å²) in [7, 11) is -3.70. The average molecular weight is 553 g/mol. The minimum absolute atomic E-state index is 0.125. The van der Waals surface area contributed by atoms with Crippen LogP contribution in [0.1, 0.15) is 68.0 Å². The Balaban J connectivity index is 1.22. The summed E-state index contributed by atoms with van der Waals surface area (Å²) in [6, 6.07) is 16.3. The van der Waals surface area contributed by atoms with Gasteiger partial charge in [-0.2, -0.15) is 18.4 Å². The fourth-order valence-electron chi connectivity index (χ4n) is 6.10. The van der Waals surface area contributed by atoms with Gasteiger partial charge in [0.15, 0.2) is 0 Å². The van der Waals surface area contributed by atoms with Crippen molar-refractivity contribution < 1.29 is 22.6 Å². The second-order valence-corrected chi connectivity index (χ2v) is 12.4. The molecule has 2 unspecified atom stereocenters. The number of hydrogen-bond donors (Lipinski definition) is 2. The zero-order chi connectivity index (χ0) is 26.8. The number of benzene rings is 2. The summed E-state index contributed by atoms with van der Waals surface area (Å²) < 4.78 is 47.9. The van der Waals surface area contributed by atoms with Crippen LogP contribution in [0.3, 0.4) is 0 Å². The van der Waals surface area contributed by atoms with E-state index in [-0.39, 0.29) is 24.1 Å². The molecule has 0 amide bonds. The predicted molar refractivity (Wildman–Crippen MR) is 148 cm³/mol. The van der Waals surface area contributed by atoms with E-state index in [4.69, 9.17) is 14.2 Å². The number of nitriles is 1. The molecule has 3 heterocycles. The molecular weight excluding hydrogens is 516 g/mol. The third-order valence-corrected chi connectivity index (χ3v) is 9.50. The van der Waals surface area contributed by atoms with Crippen LogP contribution in [-0.2, 0) is 19.7 Å². The van der Waals surface area contributed by atoms with Crippen LogP contribution in [0.15, 0.2) is 42.5 Å². The fraction of sp³-hybridized carbons (Fsp3) is 0.552. The zero-order valence-corrected chi connectivity index (χ0v) is 22.9. The predicted octanol–water partition coefficient (Wildman–Crippen LogP) is 4.39. The number of nitrogens with zero attached hydrogens (tertiary/aromatic N) is 2. The van der Waals surface area contributed by atoms with E-state index in [9.17, 15) is 13.7 Å². The van der Waals surface area contributed by atoms with Crippen LogP contribution >= 0.6 is 0 Å². The minimum atomic E-state index is -3.70. The Kier molecular flexibility index (Phi) is 7.67. The molecule has 3 aliphatic heterocycles. The van der Waals surface area contributed by atoms with Crippen LogP contribution in [0.4, 0.5) is 11.4 Å². The van der Waals surface area contributed by atoms with Gasteiger partial charge in [-0.3, -0.25) is 4.72 Å². The zero-order valence-electron chi connectivity index (χ0n) is 22.1. The molecule has 0 aromatic heterocycles. The lowest BCUT2D eigenvalue weighted by Gasteiger charge is -2.41. The summed E-state index contributed by atoms with van der Waals surface area (Å²) >= 11 is 0. The third-order valence-electron chi connectivity index (χ3n) is 8.36. The van der Waals surface area contributed by atoms with Crippen molar-refractivity contribution in [1.29, 1.82) is 5.26 Å². The molecule has 0 radical (unpaired) electrons. The van der Waals surface area contributed by atoms with E-state index in [2.05, 4.69) is 26.5 Å². The largest absolute Gasteiger partial charge is 0.490 e. The summed E-state index contributed by atoms with van der Waals surface area (Å²) in [6.45, 7) is 2.57. The molecule has 10 heteroatoms. The monoisotopic (exact) mass is 552 g/mol. The molecule has 2 saturated heterocycles. The number of rotatable bonds is 8. The van der Waals surface area contributed by atoms with Gasteiger partial charge >= 0.3 is 0 Å². The fourth-order valence-corrected chi connectivity index (χ4v) is 7.28. The number of hydrogen-bond acceptors (Lipinski definition) is 7. The van der Waals surface area contributed by atoms with Crippen LogP contribution < -0.4 is 19.1 Å². The molecule has 2 atom stereocenters. The van der Waals surface area contributed by atoms with Gasteiger partial charge in [-0.1, -0.05) is 18.2 Å². The van der Waals surface area contributed by atoms with E-state index in [1.54, 1.807) is 12.1 Å². The first-order chi connectivity index (χ1) is 19.0. The SMILES string of the molecule is N#CC1c2ccc(OC3CCOCC3)cc2N(C2CCC2)C1c1ccc(NS(=O)(=O)NC2CCOCC2)cc1. The Morgan fingerprint density at radius 3 is 2.26 bits per heavy atom. The second kappa shape index (κ2) is 11.3. The number of ether oxygens (including phenoxy) is 3. The normalized spacial score (nSPS) is 24.5. The van der Waals surface area contributed by atoms with Gasteiger partial charge in [0.25, 0.3) is 10.2 Å². The molecule has 2 aromatic rings. The number of anilines is 2. The highest BCUT2D eigenvalue weighted by atomic mass is 32.2. The van der Waals surface area contributed by atoms with Gasteiger partial charge in [-0.25, -0.2) is 0 Å². The van der Waals surface area contributed by atoms with Gasteiger partial charge in [-0.05, 0) is 61.4 Å². The van der Waals surface area contributed by atoms with Gasteiger partial charge in [0.05, 0.1) is 31.2 Å². The third kappa shape index (κ3) is 5.73. The highest BCUT2D eigenvalue weighted by Gasteiger charge is 2.44. The lowest BCUT2D eigenvalue weighted by molar-refractivity contribution is 0.0256. The van der Waals surface area contributed by atoms with Crippen LogP contribution in [0, 0.1) is 11.3 Å². The van der Waals surface area contributed by atoms with Crippen molar-refractivity contribution in [3.63, 3.8) is 0 Å². The Hall–Kier alpha value is -2.84. The van der Waals surface area contributed by atoms with Crippen molar-refractivity contribution in [2.45, 2.75) is 75.1 Å². The maximum atomic E-state index is 12.7. The molecule has 2 N–H and O–H groups in total. The Labute approximate surface area is 230 Å². The van der Waals surface area contributed by atoms with E-state index in [1.165, 1.54) is 6.42 Å². The molecular formula is C29H36N4O5S. The number of fused-ring (bicyclic) bond motifs is 1. The van der Waals surface area contributed by atoms with Crippen molar-refractivity contribution in [2.75, 3.05) is 36.0 Å². The minimum Gasteiger partial charge on any atom is -0.490 e. The summed E-state index contributed by atoms with van der Waals surface area (Å²) in [6.07, 6.45) is 6.60. The smallest absolute Gasteiger partial charge is 0.299 e. The molecule has 1 aliphatic carbocycles. The molecule has 39 heavy (non-hydrogen) atoms. The van der Waals surface area contributed by atoms with Gasteiger partial charge in [0.2, 0.25) is 0 Å². The van der Waals surface area contributed by atoms with Crippen molar-refractivity contribution in [3.05, 3.63) is 53.6 Å². The molecule has 0 spiro atoms. The maximum absolute atomic E-state index is 12.7. The van der Waals surface area contributed by atoms with Crippen LogP contribution in [-0.4, -0.2) is 53.0 Å². The van der Waals surface area contributed by atoms with Crippen molar-refractivity contribution in [2.24, 2.45) is 0 Å². The molecule has 2 aromatic carbocycles. The molecule has 9 nitrogen and oxygen atoms in total. The summed E-state index contributed by atoms with van der Waals surface area (Å²) in [5.41, 5.74) is 3.59. The van der Waals surface area contributed by atoms with Crippen molar-refractivity contribution >= 4 is 21.6 Å². The van der Waals surface area contributed by atoms with Crippen LogP contribution in [0.2, 0.25) is 0 Å². The van der Waals surface area contributed by atoms with Crippen LogP contribution in [0.5, 0.6) is 5.75 Å². The van der Waals surface area contributed by atoms with Gasteiger partial charge in [-0.15, -0.1) is 0 Å². The lowest BCUT2D eigenvalue weighted by atomic mass is 9.87. The quantitative estimate of drug-likeness (QED) is 0.499. The van der Waals surface area contributed by atoms with E-state index >= 15 is 0 Å². The molecule has 208 valence electrons. The number of nitrogens with one attached hydrogen (secondary N) is 2. The van der Waals surface area contributed by atoms with E-state index in [0.29, 0.717) is 37.8 Å². The summed E-state index contributed by atoms with van der Waals surface area (Å²) in [5.74, 6) is 0.513. The maximum Gasteiger partial charge on any atom is 0.299 e. The molecule has 0 bridgehead atoms. The molecule has 3 fully saturated rings. The van der Waals surface area contributed by atoms with Crippen LogP contribution in [0.25, 0.3) is 0 Å². The van der Waals surface area contributed by atoms with Crippen molar-refractivity contribution in [3.8, 4) is 11.8 Å². The van der Waals surface area contributed by atoms with E-state index in [0.717, 1.165) is 61.5 Å². The highest BCUT2D eigenvalue weighted by molar-refractivity contribution is 7.90. The van der Waals surface area contributed by atoms with Crippen molar-refractivity contribution in [1.82, 2.24) is 4.72 Å². The van der Waals surface area contributed by atoms with Gasteiger partial charge < -0.3 is 19.1 Å². The van der Waals surface area contributed by atoms with E-state index in [1.807, 2.05) is 24.3 Å². The molecule has 1 saturated carbocycles. The Bertz CT molecular complexity index is 1300. The van der Waals surface area contributed by atoms with Gasteiger partial charge in [0, 0.05) is 55.6 Å². The standard InChI is InChI=1S/C29H36N4O5S/c30-19-27-26-9-8-25(38-24-12-16-37-17-13-24)18-28(26)33(23-2-1-3-23)29(27)20-4-6-21(7-5-20)31-39(34,35)32-22-10-14-36-15-11-22/h4-9,18,22-24,27,29,31-32H,1-3,10-17H2. The first-order valence-corrected chi connectivity index (χ1v) is 15.5. The lowest BCUT2D eigenvalue weighted by Crippen LogP contribution is -2.42.